The van der Waals surface area contributed by atoms with E-state index in [-0.39, 0.29) is 11.6 Å². The molecule has 0 radical (unpaired) electrons. The van der Waals surface area contributed by atoms with Crippen LogP contribution in [0.4, 0.5) is 5.69 Å². The van der Waals surface area contributed by atoms with Gasteiger partial charge in [0.25, 0.3) is 0 Å². The SMILES string of the molecule is CN1c2ccc(C(=O)O)cc2OCC1CC#N. The van der Waals surface area contributed by atoms with Gasteiger partial charge in [0.1, 0.15) is 12.4 Å². The molecule has 17 heavy (non-hydrogen) atoms. The molecule has 0 spiro atoms. The van der Waals surface area contributed by atoms with E-state index >= 15 is 0 Å². The van der Waals surface area contributed by atoms with Gasteiger partial charge in [0, 0.05) is 7.05 Å². The van der Waals surface area contributed by atoms with Crippen molar-refractivity contribution in [2.75, 3.05) is 18.6 Å². The largest absolute Gasteiger partial charge is 0.489 e. The molecule has 1 heterocycles. The average molecular weight is 232 g/mol. The van der Waals surface area contributed by atoms with Crippen molar-refractivity contribution < 1.29 is 14.6 Å². The number of anilines is 1. The molecular formula is C12H12N2O3. The van der Waals surface area contributed by atoms with E-state index in [2.05, 4.69) is 6.07 Å². The molecule has 0 aliphatic carbocycles. The number of fused-ring (bicyclic) bond motifs is 1. The number of nitriles is 1. The third kappa shape index (κ3) is 2.02. The van der Waals surface area contributed by atoms with E-state index < -0.39 is 5.97 Å². The molecule has 1 N–H and O–H groups in total. The van der Waals surface area contributed by atoms with E-state index in [4.69, 9.17) is 15.1 Å². The summed E-state index contributed by atoms with van der Waals surface area (Å²) in [5.41, 5.74) is 1.03. The second-order valence-electron chi connectivity index (χ2n) is 3.93. The van der Waals surface area contributed by atoms with Crippen LogP contribution in [0.2, 0.25) is 0 Å². The molecule has 5 heteroatoms. The molecule has 0 fully saturated rings. The fourth-order valence-electron chi connectivity index (χ4n) is 1.85. The summed E-state index contributed by atoms with van der Waals surface area (Å²) in [6, 6.07) is 6.89. The molecular weight excluding hydrogens is 220 g/mol. The lowest BCUT2D eigenvalue weighted by molar-refractivity contribution is 0.0696. The highest BCUT2D eigenvalue weighted by molar-refractivity contribution is 5.89. The minimum absolute atomic E-state index is 0.0168. The Morgan fingerprint density at radius 3 is 3.12 bits per heavy atom. The van der Waals surface area contributed by atoms with E-state index in [1.165, 1.54) is 12.1 Å². The fourth-order valence-corrected chi connectivity index (χ4v) is 1.85. The number of nitrogens with zero attached hydrogens (tertiary/aromatic N) is 2. The van der Waals surface area contributed by atoms with Crippen molar-refractivity contribution in [2.45, 2.75) is 12.5 Å². The van der Waals surface area contributed by atoms with Gasteiger partial charge in [0.2, 0.25) is 0 Å². The summed E-state index contributed by atoms with van der Waals surface area (Å²) in [7, 11) is 1.88. The van der Waals surface area contributed by atoms with Crippen molar-refractivity contribution >= 4 is 11.7 Å². The Labute approximate surface area is 98.8 Å². The van der Waals surface area contributed by atoms with Crippen molar-refractivity contribution in [3.63, 3.8) is 0 Å². The number of carboxylic acid groups (broad SMARTS) is 1. The molecule has 0 aromatic heterocycles. The number of hydrogen-bond donors (Lipinski definition) is 1. The van der Waals surface area contributed by atoms with Crippen LogP contribution in [-0.2, 0) is 0 Å². The molecule has 88 valence electrons. The average Bonchev–Trinajstić information content (AvgIpc) is 2.32. The molecule has 1 aromatic carbocycles. The first-order chi connectivity index (χ1) is 8.13. The Hall–Kier alpha value is -2.22. The van der Waals surface area contributed by atoms with Crippen LogP contribution in [-0.4, -0.2) is 30.8 Å². The first kappa shape index (κ1) is 11.3. The quantitative estimate of drug-likeness (QED) is 0.836. The smallest absolute Gasteiger partial charge is 0.335 e. The third-order valence-corrected chi connectivity index (χ3v) is 2.89. The fraction of sp³-hybridized carbons (Fsp3) is 0.333. The molecule has 1 aliphatic rings. The van der Waals surface area contributed by atoms with Gasteiger partial charge in [-0.25, -0.2) is 4.79 Å². The van der Waals surface area contributed by atoms with Crippen LogP contribution in [0.5, 0.6) is 5.75 Å². The molecule has 5 nitrogen and oxygen atoms in total. The summed E-state index contributed by atoms with van der Waals surface area (Å²) in [4.78, 5) is 12.8. The Morgan fingerprint density at radius 2 is 2.47 bits per heavy atom. The highest BCUT2D eigenvalue weighted by atomic mass is 16.5. The highest BCUT2D eigenvalue weighted by Gasteiger charge is 2.25. The Kier molecular flexibility index (Phi) is 2.88. The number of rotatable bonds is 2. The summed E-state index contributed by atoms with van der Waals surface area (Å²) in [6.07, 6.45) is 0.386. The van der Waals surface area contributed by atoms with E-state index in [1.807, 2.05) is 11.9 Å². The first-order valence-corrected chi connectivity index (χ1v) is 5.23. The Morgan fingerprint density at radius 1 is 1.71 bits per heavy atom. The maximum absolute atomic E-state index is 10.8. The van der Waals surface area contributed by atoms with Crippen LogP contribution in [0.1, 0.15) is 16.8 Å². The molecule has 1 unspecified atom stereocenters. The van der Waals surface area contributed by atoms with Gasteiger partial charge in [0.05, 0.1) is 29.8 Å². The van der Waals surface area contributed by atoms with Crippen LogP contribution in [0.3, 0.4) is 0 Å². The number of ether oxygens (including phenoxy) is 1. The molecule has 2 rings (SSSR count). The summed E-state index contributed by atoms with van der Waals surface area (Å²) in [6.45, 7) is 0.403. The van der Waals surface area contributed by atoms with Crippen molar-refractivity contribution in [1.29, 1.82) is 5.26 Å². The van der Waals surface area contributed by atoms with Crippen molar-refractivity contribution in [3.05, 3.63) is 23.8 Å². The van der Waals surface area contributed by atoms with Crippen molar-refractivity contribution in [3.8, 4) is 11.8 Å². The summed E-state index contributed by atoms with van der Waals surface area (Å²) >= 11 is 0. The third-order valence-electron chi connectivity index (χ3n) is 2.89. The topological polar surface area (TPSA) is 73.6 Å². The van der Waals surface area contributed by atoms with Crippen molar-refractivity contribution in [1.82, 2.24) is 0 Å². The molecule has 1 aliphatic heterocycles. The predicted molar refractivity (Wildman–Crippen MR) is 61.3 cm³/mol. The number of hydrogen-bond acceptors (Lipinski definition) is 4. The lowest BCUT2D eigenvalue weighted by atomic mass is 10.1. The maximum atomic E-state index is 10.8. The van der Waals surface area contributed by atoms with Gasteiger partial charge in [-0.1, -0.05) is 0 Å². The Bertz CT molecular complexity index is 493. The standard InChI is InChI=1S/C12H12N2O3/c1-14-9(4-5-13)7-17-11-6-8(12(15)16)2-3-10(11)14/h2-3,6,9H,4,7H2,1H3,(H,15,16). The monoisotopic (exact) mass is 232 g/mol. The van der Waals surface area contributed by atoms with Gasteiger partial charge in [-0.3, -0.25) is 0 Å². The minimum Gasteiger partial charge on any atom is -0.489 e. The molecule has 0 bridgehead atoms. The van der Waals surface area contributed by atoms with E-state index in [9.17, 15) is 4.79 Å². The van der Waals surface area contributed by atoms with Gasteiger partial charge in [-0.05, 0) is 18.2 Å². The van der Waals surface area contributed by atoms with Gasteiger partial charge in [0.15, 0.2) is 0 Å². The Balaban J connectivity index is 2.32. The van der Waals surface area contributed by atoms with Crippen LogP contribution in [0.15, 0.2) is 18.2 Å². The highest BCUT2D eigenvalue weighted by Crippen LogP contribution is 2.34. The second-order valence-corrected chi connectivity index (χ2v) is 3.93. The summed E-state index contributed by atoms with van der Waals surface area (Å²) < 4.78 is 5.49. The van der Waals surface area contributed by atoms with Crippen LogP contribution in [0, 0.1) is 11.3 Å². The number of likely N-dealkylation sites (N-methyl/N-ethyl adjacent to an activating group) is 1. The molecule has 0 amide bonds. The number of carboxylic acids is 1. The number of aromatic carboxylic acids is 1. The predicted octanol–water partition coefficient (Wildman–Crippen LogP) is 1.50. The summed E-state index contributed by atoms with van der Waals surface area (Å²) in [5, 5.41) is 17.6. The van der Waals surface area contributed by atoms with Gasteiger partial charge >= 0.3 is 5.97 Å². The zero-order valence-corrected chi connectivity index (χ0v) is 9.38. The van der Waals surface area contributed by atoms with Gasteiger partial charge in [-0.15, -0.1) is 0 Å². The number of benzene rings is 1. The normalized spacial score (nSPS) is 17.9. The lowest BCUT2D eigenvalue weighted by Gasteiger charge is -2.34. The zero-order valence-electron chi connectivity index (χ0n) is 9.38. The number of carbonyl (C=O) groups is 1. The zero-order chi connectivity index (χ0) is 12.4. The lowest BCUT2D eigenvalue weighted by Crippen LogP contribution is -2.40. The van der Waals surface area contributed by atoms with Crippen molar-refractivity contribution in [2.24, 2.45) is 0 Å². The van der Waals surface area contributed by atoms with Gasteiger partial charge in [-0.2, -0.15) is 5.26 Å². The van der Waals surface area contributed by atoms with Crippen LogP contribution in [0.25, 0.3) is 0 Å². The second kappa shape index (κ2) is 4.34. The molecule has 1 aromatic rings. The molecule has 0 saturated carbocycles. The first-order valence-electron chi connectivity index (χ1n) is 5.23. The van der Waals surface area contributed by atoms with Gasteiger partial charge < -0.3 is 14.7 Å². The van der Waals surface area contributed by atoms with E-state index in [0.29, 0.717) is 18.8 Å². The van der Waals surface area contributed by atoms with Crippen LogP contribution >= 0.6 is 0 Å². The maximum Gasteiger partial charge on any atom is 0.335 e. The van der Waals surface area contributed by atoms with Crippen LogP contribution < -0.4 is 9.64 Å². The molecule has 0 saturated heterocycles. The minimum atomic E-state index is -0.974. The summed E-state index contributed by atoms with van der Waals surface area (Å²) in [5.74, 6) is -0.417. The molecule has 1 atom stereocenters. The van der Waals surface area contributed by atoms with E-state index in [0.717, 1.165) is 5.69 Å². The van der Waals surface area contributed by atoms with E-state index in [1.54, 1.807) is 6.07 Å².